The smallest absolute Gasteiger partial charge is 0.234 e. The molecule has 0 aliphatic carbocycles. The van der Waals surface area contributed by atoms with E-state index in [2.05, 4.69) is 5.32 Å². The fraction of sp³-hybridized carbons (Fsp3) is 0.533. The first-order valence-electron chi connectivity index (χ1n) is 6.94. The van der Waals surface area contributed by atoms with Crippen LogP contribution in [-0.2, 0) is 4.79 Å². The van der Waals surface area contributed by atoms with Gasteiger partial charge in [0.15, 0.2) is 0 Å². The summed E-state index contributed by atoms with van der Waals surface area (Å²) < 4.78 is 0. The van der Waals surface area contributed by atoms with Crippen molar-refractivity contribution < 1.29 is 4.79 Å². The van der Waals surface area contributed by atoms with E-state index in [0.717, 1.165) is 12.0 Å². The van der Waals surface area contributed by atoms with Crippen LogP contribution in [-0.4, -0.2) is 37.0 Å². The first-order chi connectivity index (χ1) is 9.47. The maximum Gasteiger partial charge on any atom is 0.234 e. The van der Waals surface area contributed by atoms with Crippen LogP contribution < -0.4 is 11.1 Å². The Morgan fingerprint density at radius 1 is 1.45 bits per heavy atom. The molecule has 1 aromatic rings. The molecule has 0 spiro atoms. The van der Waals surface area contributed by atoms with Crippen LogP contribution in [0.5, 0.6) is 0 Å². The van der Waals surface area contributed by atoms with Crippen molar-refractivity contribution in [2.24, 2.45) is 5.73 Å². The van der Waals surface area contributed by atoms with Crippen LogP contribution >= 0.6 is 11.6 Å². The summed E-state index contributed by atoms with van der Waals surface area (Å²) in [4.78, 5) is 13.8. The van der Waals surface area contributed by atoms with E-state index >= 15 is 0 Å². The van der Waals surface area contributed by atoms with Crippen LogP contribution in [0.25, 0.3) is 0 Å². The SMILES string of the molecule is CCCNC(=O)CN(C)C(c1ccccc1Cl)C(C)N. The minimum Gasteiger partial charge on any atom is -0.355 e. The van der Waals surface area contributed by atoms with Crippen LogP contribution in [0, 0.1) is 0 Å². The number of carbonyl (C=O) groups is 1. The third kappa shape index (κ3) is 4.78. The van der Waals surface area contributed by atoms with Crippen LogP contribution in [0.4, 0.5) is 0 Å². The molecule has 1 aromatic carbocycles. The van der Waals surface area contributed by atoms with E-state index in [1.807, 2.05) is 50.1 Å². The molecule has 0 saturated carbocycles. The molecule has 1 amide bonds. The number of rotatable bonds is 7. The lowest BCUT2D eigenvalue weighted by atomic mass is 9.99. The molecule has 0 heterocycles. The minimum absolute atomic E-state index is 0.00653. The molecule has 0 radical (unpaired) electrons. The van der Waals surface area contributed by atoms with Gasteiger partial charge in [-0.2, -0.15) is 0 Å². The highest BCUT2D eigenvalue weighted by molar-refractivity contribution is 6.31. The fourth-order valence-electron chi connectivity index (χ4n) is 2.28. The van der Waals surface area contributed by atoms with Gasteiger partial charge in [-0.15, -0.1) is 0 Å². The number of nitrogens with two attached hydrogens (primary N) is 1. The normalized spacial score (nSPS) is 14.1. The Morgan fingerprint density at radius 3 is 2.65 bits per heavy atom. The van der Waals surface area contributed by atoms with Crippen LogP contribution in [0.2, 0.25) is 5.02 Å². The maximum atomic E-state index is 11.8. The van der Waals surface area contributed by atoms with Gasteiger partial charge in [0, 0.05) is 17.6 Å². The van der Waals surface area contributed by atoms with Crippen molar-refractivity contribution >= 4 is 17.5 Å². The fourth-order valence-corrected chi connectivity index (χ4v) is 2.53. The summed E-state index contributed by atoms with van der Waals surface area (Å²) in [5, 5.41) is 3.55. The van der Waals surface area contributed by atoms with E-state index in [1.165, 1.54) is 0 Å². The Balaban J connectivity index is 2.81. The van der Waals surface area contributed by atoms with Crippen LogP contribution in [0.15, 0.2) is 24.3 Å². The van der Waals surface area contributed by atoms with E-state index in [0.29, 0.717) is 18.1 Å². The number of hydrogen-bond donors (Lipinski definition) is 2. The molecule has 2 atom stereocenters. The molecular weight excluding hydrogens is 274 g/mol. The zero-order chi connectivity index (χ0) is 15.1. The molecule has 0 saturated heterocycles. The van der Waals surface area contributed by atoms with Gasteiger partial charge in [-0.25, -0.2) is 0 Å². The summed E-state index contributed by atoms with van der Waals surface area (Å²) >= 11 is 6.24. The number of carbonyl (C=O) groups excluding carboxylic acids is 1. The molecule has 0 aliphatic heterocycles. The second-order valence-electron chi connectivity index (χ2n) is 5.09. The van der Waals surface area contributed by atoms with Crippen molar-refractivity contribution in [2.45, 2.75) is 32.4 Å². The molecule has 112 valence electrons. The standard InChI is InChI=1S/C15H24ClN3O/c1-4-9-18-14(20)10-19(3)15(11(2)17)12-7-5-6-8-13(12)16/h5-8,11,15H,4,9-10,17H2,1-3H3,(H,18,20). The zero-order valence-corrected chi connectivity index (χ0v) is 13.2. The highest BCUT2D eigenvalue weighted by atomic mass is 35.5. The molecule has 4 nitrogen and oxygen atoms in total. The summed E-state index contributed by atoms with van der Waals surface area (Å²) in [7, 11) is 1.89. The quantitative estimate of drug-likeness (QED) is 0.811. The lowest BCUT2D eigenvalue weighted by Gasteiger charge is -2.31. The van der Waals surface area contributed by atoms with Gasteiger partial charge in [-0.1, -0.05) is 36.7 Å². The molecule has 0 aliphatic rings. The van der Waals surface area contributed by atoms with E-state index < -0.39 is 0 Å². The van der Waals surface area contributed by atoms with Crippen molar-refractivity contribution in [3.8, 4) is 0 Å². The van der Waals surface area contributed by atoms with E-state index in [4.69, 9.17) is 17.3 Å². The summed E-state index contributed by atoms with van der Waals surface area (Å²) in [6.45, 7) is 4.95. The predicted molar refractivity (Wildman–Crippen MR) is 83.8 cm³/mol. The van der Waals surface area contributed by atoms with Gasteiger partial charge in [-0.05, 0) is 32.0 Å². The summed E-state index contributed by atoms with van der Waals surface area (Å²) in [5.74, 6) is 0.00653. The Morgan fingerprint density at radius 2 is 2.10 bits per heavy atom. The molecule has 0 aromatic heterocycles. The van der Waals surface area contributed by atoms with Crippen molar-refractivity contribution in [3.05, 3.63) is 34.9 Å². The van der Waals surface area contributed by atoms with Gasteiger partial charge in [0.2, 0.25) is 5.91 Å². The van der Waals surface area contributed by atoms with Gasteiger partial charge >= 0.3 is 0 Å². The molecule has 5 heteroatoms. The Bertz CT molecular complexity index is 437. The summed E-state index contributed by atoms with van der Waals surface area (Å²) in [6.07, 6.45) is 0.927. The largest absolute Gasteiger partial charge is 0.355 e. The van der Waals surface area contributed by atoms with E-state index in [-0.39, 0.29) is 18.0 Å². The number of hydrogen-bond acceptors (Lipinski definition) is 3. The predicted octanol–water partition coefficient (Wildman–Crippen LogP) is 2.19. The average molecular weight is 298 g/mol. The minimum atomic E-state index is -0.126. The second-order valence-corrected chi connectivity index (χ2v) is 5.50. The number of halogens is 1. The number of nitrogens with one attached hydrogen (secondary N) is 1. The highest BCUT2D eigenvalue weighted by Gasteiger charge is 2.24. The van der Waals surface area contributed by atoms with Crippen LogP contribution in [0.1, 0.15) is 31.9 Å². The third-order valence-electron chi connectivity index (χ3n) is 3.16. The third-order valence-corrected chi connectivity index (χ3v) is 3.51. The molecule has 3 N–H and O–H groups in total. The Hall–Kier alpha value is -1.10. The Kier molecular flexibility index (Phi) is 6.99. The number of amides is 1. The monoisotopic (exact) mass is 297 g/mol. The molecule has 0 fully saturated rings. The highest BCUT2D eigenvalue weighted by Crippen LogP contribution is 2.28. The van der Waals surface area contributed by atoms with Crippen molar-refractivity contribution in [1.29, 1.82) is 0 Å². The number of likely N-dealkylation sites (N-methyl/N-ethyl adjacent to an activating group) is 1. The lowest BCUT2D eigenvalue weighted by molar-refractivity contribution is -0.122. The summed E-state index contributed by atoms with van der Waals surface area (Å²) in [6, 6.07) is 7.41. The number of nitrogens with zero attached hydrogens (tertiary/aromatic N) is 1. The van der Waals surface area contributed by atoms with E-state index in [9.17, 15) is 4.79 Å². The van der Waals surface area contributed by atoms with Crippen molar-refractivity contribution in [1.82, 2.24) is 10.2 Å². The summed E-state index contributed by atoms with van der Waals surface area (Å²) in [5.41, 5.74) is 7.04. The van der Waals surface area contributed by atoms with Crippen molar-refractivity contribution in [2.75, 3.05) is 20.1 Å². The lowest BCUT2D eigenvalue weighted by Crippen LogP contribution is -2.43. The first kappa shape index (κ1) is 17.0. The van der Waals surface area contributed by atoms with Gasteiger partial charge < -0.3 is 11.1 Å². The van der Waals surface area contributed by atoms with Gasteiger partial charge in [-0.3, -0.25) is 9.69 Å². The molecule has 2 unspecified atom stereocenters. The van der Waals surface area contributed by atoms with E-state index in [1.54, 1.807) is 0 Å². The van der Waals surface area contributed by atoms with Gasteiger partial charge in [0.05, 0.1) is 12.6 Å². The van der Waals surface area contributed by atoms with Crippen molar-refractivity contribution in [3.63, 3.8) is 0 Å². The zero-order valence-electron chi connectivity index (χ0n) is 12.4. The molecular formula is C15H24ClN3O. The Labute approximate surface area is 126 Å². The molecule has 1 rings (SSSR count). The number of benzene rings is 1. The maximum absolute atomic E-state index is 11.8. The second kappa shape index (κ2) is 8.25. The molecule has 0 bridgehead atoms. The molecule has 20 heavy (non-hydrogen) atoms. The van der Waals surface area contributed by atoms with Crippen LogP contribution in [0.3, 0.4) is 0 Å². The topological polar surface area (TPSA) is 58.4 Å². The van der Waals surface area contributed by atoms with Gasteiger partial charge in [0.25, 0.3) is 0 Å². The van der Waals surface area contributed by atoms with Gasteiger partial charge in [0.1, 0.15) is 0 Å². The average Bonchev–Trinajstić information content (AvgIpc) is 2.38. The first-order valence-corrected chi connectivity index (χ1v) is 7.32.